The van der Waals surface area contributed by atoms with Gasteiger partial charge in [0.1, 0.15) is 0 Å². The zero-order valence-corrected chi connectivity index (χ0v) is 14.6. The maximum absolute atomic E-state index is 12.6. The van der Waals surface area contributed by atoms with E-state index in [1.807, 2.05) is 0 Å². The zero-order chi connectivity index (χ0) is 15.5. The molecular weight excluding hydrogens is 330 g/mol. The van der Waals surface area contributed by atoms with Crippen molar-refractivity contribution < 1.29 is 8.42 Å². The fraction of sp³-hybridized carbons (Fsp3) is 0.615. The Hall–Kier alpha value is -0.630. The summed E-state index contributed by atoms with van der Waals surface area (Å²) in [6.07, 6.45) is 6.32. The molecule has 0 aliphatic heterocycles. The third-order valence-corrected chi connectivity index (χ3v) is 5.97. The summed E-state index contributed by atoms with van der Waals surface area (Å²) >= 11 is 7.37. The number of nitrogens with zero attached hydrogens (tertiary/aromatic N) is 2. The number of imidazole rings is 1. The van der Waals surface area contributed by atoms with Gasteiger partial charge in [-0.15, -0.1) is 11.3 Å². The molecule has 2 heterocycles. The highest BCUT2D eigenvalue weighted by Gasteiger charge is 2.27. The van der Waals surface area contributed by atoms with E-state index in [2.05, 4.69) is 23.6 Å². The number of unbranched alkanes of at least 4 members (excludes halogenated alkanes) is 1. The summed E-state index contributed by atoms with van der Waals surface area (Å²) in [5, 5.41) is 1.86. The van der Waals surface area contributed by atoms with Crippen molar-refractivity contribution >= 4 is 37.9 Å². The topological polar surface area (TPSA) is 63.5 Å². The molecule has 0 fully saturated rings. The van der Waals surface area contributed by atoms with Crippen LogP contribution in [0.25, 0.3) is 4.96 Å². The lowest BCUT2D eigenvalue weighted by atomic mass is 10.1. The van der Waals surface area contributed by atoms with E-state index in [1.54, 1.807) is 11.6 Å². The van der Waals surface area contributed by atoms with Crippen LogP contribution in [0.4, 0.5) is 0 Å². The van der Waals surface area contributed by atoms with Crippen LogP contribution in [0, 0.1) is 0 Å². The summed E-state index contributed by atoms with van der Waals surface area (Å²) in [6, 6.07) is -0.0554. The minimum absolute atomic E-state index is 0.0279. The highest BCUT2D eigenvalue weighted by Crippen LogP contribution is 2.26. The predicted molar refractivity (Wildman–Crippen MR) is 86.6 cm³/mol. The van der Waals surface area contributed by atoms with Crippen molar-refractivity contribution in [3.05, 3.63) is 16.7 Å². The molecule has 1 atom stereocenters. The molecule has 0 bridgehead atoms. The van der Waals surface area contributed by atoms with Crippen LogP contribution in [0.5, 0.6) is 0 Å². The van der Waals surface area contributed by atoms with Gasteiger partial charge in [0, 0.05) is 17.6 Å². The average molecular weight is 350 g/mol. The van der Waals surface area contributed by atoms with E-state index >= 15 is 0 Å². The van der Waals surface area contributed by atoms with Gasteiger partial charge >= 0.3 is 0 Å². The molecule has 21 heavy (non-hydrogen) atoms. The van der Waals surface area contributed by atoms with Crippen molar-refractivity contribution in [1.82, 2.24) is 14.1 Å². The van der Waals surface area contributed by atoms with Gasteiger partial charge in [-0.25, -0.2) is 18.1 Å². The second-order valence-corrected chi connectivity index (χ2v) is 7.87. The second-order valence-electron chi connectivity index (χ2n) is 5.01. The first kappa shape index (κ1) is 16.7. The molecule has 118 valence electrons. The molecule has 1 N–H and O–H groups in total. The second kappa shape index (κ2) is 7.09. The molecule has 5 nitrogen and oxygen atoms in total. The largest absolute Gasteiger partial charge is 0.279 e. The van der Waals surface area contributed by atoms with Gasteiger partial charge in [0.2, 0.25) is 0 Å². The first-order valence-corrected chi connectivity index (χ1v) is 9.87. The molecule has 0 spiro atoms. The van der Waals surface area contributed by atoms with Gasteiger partial charge in [-0.3, -0.25) is 4.40 Å². The number of hydrogen-bond donors (Lipinski definition) is 1. The van der Waals surface area contributed by atoms with E-state index in [9.17, 15) is 8.42 Å². The fourth-order valence-corrected chi connectivity index (χ4v) is 5.07. The number of fused-ring (bicyclic) bond motifs is 1. The van der Waals surface area contributed by atoms with Crippen molar-refractivity contribution in [3.63, 3.8) is 0 Å². The molecule has 0 amide bonds. The van der Waals surface area contributed by atoms with Crippen LogP contribution in [-0.4, -0.2) is 23.8 Å². The Labute approximate surface area is 134 Å². The summed E-state index contributed by atoms with van der Waals surface area (Å²) in [5.41, 5.74) is 0. The minimum atomic E-state index is -3.67. The summed E-state index contributed by atoms with van der Waals surface area (Å²) in [4.78, 5) is 4.67. The smallest absolute Gasteiger partial charge is 0.260 e. The Morgan fingerprint density at radius 2 is 2.14 bits per heavy atom. The van der Waals surface area contributed by atoms with Crippen LogP contribution in [0.15, 0.2) is 16.6 Å². The molecule has 0 aliphatic carbocycles. The Kier molecular flexibility index (Phi) is 5.65. The van der Waals surface area contributed by atoms with Gasteiger partial charge in [-0.2, -0.15) is 0 Å². The van der Waals surface area contributed by atoms with Crippen LogP contribution in [0.3, 0.4) is 0 Å². The average Bonchev–Trinajstić information content (AvgIpc) is 2.95. The lowest BCUT2D eigenvalue weighted by molar-refractivity contribution is 0.482. The third-order valence-electron chi connectivity index (χ3n) is 3.30. The fourth-order valence-electron chi connectivity index (χ4n) is 2.32. The molecular formula is C13H20ClN3O2S2. The quantitative estimate of drug-likeness (QED) is 0.790. The van der Waals surface area contributed by atoms with E-state index in [4.69, 9.17) is 11.6 Å². The summed E-state index contributed by atoms with van der Waals surface area (Å²) in [7, 11) is -3.67. The van der Waals surface area contributed by atoms with Crippen molar-refractivity contribution in [2.24, 2.45) is 0 Å². The molecule has 0 saturated carbocycles. The molecule has 2 aromatic rings. The first-order chi connectivity index (χ1) is 9.99. The van der Waals surface area contributed by atoms with Crippen molar-refractivity contribution in [3.8, 4) is 0 Å². The van der Waals surface area contributed by atoms with E-state index in [1.165, 1.54) is 15.7 Å². The minimum Gasteiger partial charge on any atom is -0.279 e. The van der Waals surface area contributed by atoms with Crippen LogP contribution in [0.1, 0.15) is 46.0 Å². The number of nitrogens with one attached hydrogen (secondary N) is 1. The Morgan fingerprint density at radius 1 is 1.38 bits per heavy atom. The molecule has 0 saturated heterocycles. The SMILES string of the molecule is CCCCC(CCC)NS(=O)(=O)c1c(Cl)nc2sccn12. The van der Waals surface area contributed by atoms with E-state index in [-0.39, 0.29) is 16.2 Å². The summed E-state index contributed by atoms with van der Waals surface area (Å²) < 4.78 is 29.6. The molecule has 2 aromatic heterocycles. The lowest BCUT2D eigenvalue weighted by Crippen LogP contribution is -2.35. The van der Waals surface area contributed by atoms with Gasteiger partial charge in [0.15, 0.2) is 15.1 Å². The van der Waals surface area contributed by atoms with Crippen molar-refractivity contribution in [2.75, 3.05) is 0 Å². The molecule has 2 rings (SSSR count). The van der Waals surface area contributed by atoms with Crippen molar-refractivity contribution in [1.29, 1.82) is 0 Å². The Bertz CT molecular complexity index is 693. The van der Waals surface area contributed by atoms with E-state index in [0.29, 0.717) is 4.96 Å². The molecule has 8 heteroatoms. The van der Waals surface area contributed by atoms with Crippen LogP contribution in [-0.2, 0) is 10.0 Å². The predicted octanol–water partition coefficient (Wildman–Crippen LogP) is 3.69. The van der Waals surface area contributed by atoms with Crippen LogP contribution >= 0.6 is 22.9 Å². The van der Waals surface area contributed by atoms with Crippen molar-refractivity contribution in [2.45, 2.75) is 57.0 Å². The maximum atomic E-state index is 12.6. The maximum Gasteiger partial charge on any atom is 0.260 e. The zero-order valence-electron chi connectivity index (χ0n) is 12.2. The number of hydrogen-bond acceptors (Lipinski definition) is 4. The molecule has 0 radical (unpaired) electrons. The van der Waals surface area contributed by atoms with Gasteiger partial charge in [-0.1, -0.05) is 44.7 Å². The molecule has 1 unspecified atom stereocenters. The third kappa shape index (κ3) is 3.77. The normalized spacial score (nSPS) is 13.9. The summed E-state index contributed by atoms with van der Waals surface area (Å²) in [6.45, 7) is 4.15. The van der Waals surface area contributed by atoms with E-state index < -0.39 is 10.0 Å². The number of halogens is 1. The van der Waals surface area contributed by atoms with Gasteiger partial charge in [0.05, 0.1) is 0 Å². The van der Waals surface area contributed by atoms with Gasteiger partial charge in [0.25, 0.3) is 10.0 Å². The monoisotopic (exact) mass is 349 g/mol. The highest BCUT2D eigenvalue weighted by molar-refractivity contribution is 7.89. The molecule has 0 aromatic carbocycles. The number of sulfonamides is 1. The van der Waals surface area contributed by atoms with Gasteiger partial charge in [-0.05, 0) is 12.8 Å². The van der Waals surface area contributed by atoms with E-state index in [0.717, 1.165) is 32.1 Å². The molecule has 0 aliphatic rings. The Morgan fingerprint density at radius 3 is 2.81 bits per heavy atom. The number of thiazole rings is 1. The summed E-state index contributed by atoms with van der Waals surface area (Å²) in [5.74, 6) is 0. The number of rotatable bonds is 8. The first-order valence-electron chi connectivity index (χ1n) is 7.13. The number of aromatic nitrogens is 2. The van der Waals surface area contributed by atoms with Crippen LogP contribution in [0.2, 0.25) is 5.15 Å². The van der Waals surface area contributed by atoms with Gasteiger partial charge < -0.3 is 0 Å². The Balaban J connectivity index is 2.27. The van der Waals surface area contributed by atoms with Crippen LogP contribution < -0.4 is 4.72 Å². The lowest BCUT2D eigenvalue weighted by Gasteiger charge is -2.17. The highest BCUT2D eigenvalue weighted by atomic mass is 35.5. The standard InChI is InChI=1S/C13H20ClN3O2S2/c1-3-5-7-10(6-4-2)16-21(18,19)12-11(14)15-13-17(12)8-9-20-13/h8-10,16H,3-7H2,1-2H3.